The molecule has 3 rings (SSSR count). The fraction of sp³-hybridized carbons (Fsp3) is 0.462. The minimum Gasteiger partial charge on any atom is -0.312 e. The number of fused-ring (bicyclic) bond motifs is 1. The van der Waals surface area contributed by atoms with E-state index in [9.17, 15) is 4.79 Å². The van der Waals surface area contributed by atoms with E-state index in [-0.39, 0.29) is 5.91 Å². The molecule has 1 amide bonds. The molecule has 0 unspecified atom stereocenters. The third-order valence-electron chi connectivity index (χ3n) is 3.35. The van der Waals surface area contributed by atoms with Crippen LogP contribution >= 0.6 is 0 Å². The summed E-state index contributed by atoms with van der Waals surface area (Å²) >= 11 is 0. The molecule has 1 aromatic rings. The molecule has 0 aromatic heterocycles. The number of rotatable bonds is 1. The van der Waals surface area contributed by atoms with Gasteiger partial charge >= 0.3 is 0 Å². The van der Waals surface area contributed by atoms with Crippen LogP contribution in [0.2, 0.25) is 0 Å². The zero-order valence-electron chi connectivity index (χ0n) is 9.74. The van der Waals surface area contributed by atoms with Gasteiger partial charge in [0.15, 0.2) is 0 Å². The van der Waals surface area contributed by atoms with E-state index in [0.717, 1.165) is 31.5 Å². The quantitative estimate of drug-likeness (QED) is 0.788. The van der Waals surface area contributed by atoms with Crippen LogP contribution in [0.4, 0.5) is 0 Å². The molecule has 4 nitrogen and oxygen atoms in total. The number of hydrogen-bond acceptors (Lipinski definition) is 3. The molecule has 4 heteroatoms. The summed E-state index contributed by atoms with van der Waals surface area (Å²) in [6.07, 6.45) is 1.85. The summed E-state index contributed by atoms with van der Waals surface area (Å²) in [6, 6.07) is 5.95. The van der Waals surface area contributed by atoms with Crippen molar-refractivity contribution in [2.75, 3.05) is 19.7 Å². The number of nitrogens with zero attached hydrogens (tertiary/aromatic N) is 1. The predicted molar refractivity (Wildman–Crippen MR) is 63.5 cm³/mol. The smallest absolute Gasteiger partial charge is 0.277 e. The number of carbonyl (C=O) groups excluding carboxylic acids is 1. The standard InChI is InChI=1S/C13H16N2O2/c16-13(15-7-2-8-17-15)12-4-1-3-10-9-14-6-5-11(10)12/h1,3-4,14H,2,5-9H2. The molecular formula is C13H16N2O2. The molecule has 2 heterocycles. The van der Waals surface area contributed by atoms with Crippen LogP contribution in [0, 0.1) is 0 Å². The molecule has 0 aliphatic carbocycles. The third kappa shape index (κ3) is 1.94. The molecule has 1 N–H and O–H groups in total. The van der Waals surface area contributed by atoms with E-state index in [1.165, 1.54) is 16.2 Å². The molecule has 17 heavy (non-hydrogen) atoms. The average molecular weight is 232 g/mol. The number of nitrogens with one attached hydrogen (secondary N) is 1. The average Bonchev–Trinajstić information content (AvgIpc) is 2.91. The van der Waals surface area contributed by atoms with Gasteiger partial charge in [-0.05, 0) is 36.6 Å². The van der Waals surface area contributed by atoms with Crippen molar-refractivity contribution < 1.29 is 9.63 Å². The summed E-state index contributed by atoms with van der Waals surface area (Å²) < 4.78 is 0. The number of hydroxylamine groups is 2. The first kappa shape index (κ1) is 10.7. The Morgan fingerprint density at radius 3 is 3.18 bits per heavy atom. The Bertz CT molecular complexity index is 439. The highest BCUT2D eigenvalue weighted by Gasteiger charge is 2.24. The van der Waals surface area contributed by atoms with Gasteiger partial charge in [-0.3, -0.25) is 9.63 Å². The summed E-state index contributed by atoms with van der Waals surface area (Å²) in [4.78, 5) is 17.6. The van der Waals surface area contributed by atoms with Crippen molar-refractivity contribution >= 4 is 5.91 Å². The van der Waals surface area contributed by atoms with Crippen LogP contribution < -0.4 is 5.32 Å². The Balaban J connectivity index is 1.94. The number of hydrogen-bond donors (Lipinski definition) is 1. The number of carbonyl (C=O) groups is 1. The summed E-state index contributed by atoms with van der Waals surface area (Å²) in [6.45, 7) is 3.17. The van der Waals surface area contributed by atoms with E-state index < -0.39 is 0 Å². The fourth-order valence-corrected chi connectivity index (χ4v) is 2.47. The number of amides is 1. The van der Waals surface area contributed by atoms with Crippen molar-refractivity contribution in [3.8, 4) is 0 Å². The first-order valence-electron chi connectivity index (χ1n) is 6.12. The van der Waals surface area contributed by atoms with Crippen LogP contribution in [0.25, 0.3) is 0 Å². The Labute approximate surface area is 101 Å². The maximum atomic E-state index is 12.3. The SMILES string of the molecule is O=C(c1cccc2c1CCNC2)N1CCCO1. The van der Waals surface area contributed by atoms with Gasteiger partial charge in [0.05, 0.1) is 13.2 Å². The van der Waals surface area contributed by atoms with Gasteiger partial charge in [-0.25, -0.2) is 5.06 Å². The highest BCUT2D eigenvalue weighted by atomic mass is 16.7. The fourth-order valence-electron chi connectivity index (χ4n) is 2.47. The van der Waals surface area contributed by atoms with Crippen molar-refractivity contribution in [2.24, 2.45) is 0 Å². The van der Waals surface area contributed by atoms with Crippen LogP contribution in [0.15, 0.2) is 18.2 Å². The van der Waals surface area contributed by atoms with E-state index in [4.69, 9.17) is 4.84 Å². The van der Waals surface area contributed by atoms with Gasteiger partial charge < -0.3 is 5.32 Å². The molecule has 2 aliphatic rings. The zero-order valence-corrected chi connectivity index (χ0v) is 9.74. The van der Waals surface area contributed by atoms with Crippen molar-refractivity contribution in [1.29, 1.82) is 0 Å². The van der Waals surface area contributed by atoms with Crippen molar-refractivity contribution in [3.63, 3.8) is 0 Å². The van der Waals surface area contributed by atoms with E-state index in [1.807, 2.05) is 12.1 Å². The maximum absolute atomic E-state index is 12.3. The Hall–Kier alpha value is -1.39. The summed E-state index contributed by atoms with van der Waals surface area (Å²) in [5.74, 6) is 0.0150. The molecule has 1 aromatic carbocycles. The van der Waals surface area contributed by atoms with E-state index in [0.29, 0.717) is 13.2 Å². The molecular weight excluding hydrogens is 216 g/mol. The van der Waals surface area contributed by atoms with Gasteiger partial charge in [-0.1, -0.05) is 12.1 Å². The van der Waals surface area contributed by atoms with Crippen molar-refractivity contribution in [2.45, 2.75) is 19.4 Å². The van der Waals surface area contributed by atoms with Crippen LogP contribution in [-0.4, -0.2) is 30.7 Å². The molecule has 2 aliphatic heterocycles. The summed E-state index contributed by atoms with van der Waals surface area (Å²) in [5, 5.41) is 4.82. The highest BCUT2D eigenvalue weighted by molar-refractivity contribution is 5.95. The lowest BCUT2D eigenvalue weighted by molar-refractivity contribution is -0.0769. The monoisotopic (exact) mass is 232 g/mol. The van der Waals surface area contributed by atoms with Crippen molar-refractivity contribution in [1.82, 2.24) is 10.4 Å². The zero-order chi connectivity index (χ0) is 11.7. The molecule has 0 atom stereocenters. The van der Waals surface area contributed by atoms with Crippen molar-refractivity contribution in [3.05, 3.63) is 34.9 Å². The summed E-state index contributed by atoms with van der Waals surface area (Å²) in [7, 11) is 0. The lowest BCUT2D eigenvalue weighted by atomic mass is 9.95. The van der Waals surface area contributed by atoms with E-state index in [1.54, 1.807) is 0 Å². The van der Waals surface area contributed by atoms with Gasteiger partial charge in [0.1, 0.15) is 0 Å². The van der Waals surface area contributed by atoms with Crippen LogP contribution in [0.3, 0.4) is 0 Å². The van der Waals surface area contributed by atoms with E-state index in [2.05, 4.69) is 11.4 Å². The van der Waals surface area contributed by atoms with Gasteiger partial charge in [0, 0.05) is 12.1 Å². The predicted octanol–water partition coefficient (Wildman–Crippen LogP) is 1.11. The normalized spacial score (nSPS) is 19.2. The Morgan fingerprint density at radius 2 is 2.35 bits per heavy atom. The van der Waals surface area contributed by atoms with Gasteiger partial charge in [-0.15, -0.1) is 0 Å². The van der Waals surface area contributed by atoms with Gasteiger partial charge in [0.25, 0.3) is 5.91 Å². The van der Waals surface area contributed by atoms with Crippen LogP contribution in [0.1, 0.15) is 27.9 Å². The molecule has 1 fully saturated rings. The minimum absolute atomic E-state index is 0.0150. The van der Waals surface area contributed by atoms with Gasteiger partial charge in [-0.2, -0.15) is 0 Å². The largest absolute Gasteiger partial charge is 0.312 e. The second-order valence-corrected chi connectivity index (χ2v) is 4.46. The molecule has 1 saturated heterocycles. The first-order chi connectivity index (χ1) is 8.36. The van der Waals surface area contributed by atoms with Gasteiger partial charge in [0.2, 0.25) is 0 Å². The second-order valence-electron chi connectivity index (χ2n) is 4.46. The maximum Gasteiger partial charge on any atom is 0.277 e. The Morgan fingerprint density at radius 1 is 1.41 bits per heavy atom. The molecule has 0 radical (unpaired) electrons. The Kier molecular flexibility index (Phi) is 2.82. The second kappa shape index (κ2) is 4.47. The summed E-state index contributed by atoms with van der Waals surface area (Å²) in [5.41, 5.74) is 3.24. The number of benzene rings is 1. The molecule has 0 saturated carbocycles. The topological polar surface area (TPSA) is 41.6 Å². The van der Waals surface area contributed by atoms with Crippen LogP contribution in [0.5, 0.6) is 0 Å². The minimum atomic E-state index is 0.0150. The highest BCUT2D eigenvalue weighted by Crippen LogP contribution is 2.21. The molecule has 0 spiro atoms. The first-order valence-corrected chi connectivity index (χ1v) is 6.12. The van der Waals surface area contributed by atoms with E-state index >= 15 is 0 Å². The third-order valence-corrected chi connectivity index (χ3v) is 3.35. The lowest BCUT2D eigenvalue weighted by Crippen LogP contribution is -2.30. The molecule has 0 bridgehead atoms. The van der Waals surface area contributed by atoms with Crippen LogP contribution in [-0.2, 0) is 17.8 Å². The lowest BCUT2D eigenvalue weighted by Gasteiger charge is -2.22. The molecule has 90 valence electrons.